The van der Waals surface area contributed by atoms with E-state index in [0.29, 0.717) is 0 Å². The lowest BCUT2D eigenvalue weighted by Gasteiger charge is -2.17. The minimum atomic E-state index is -1.14. The van der Waals surface area contributed by atoms with Crippen molar-refractivity contribution in [1.82, 2.24) is 16.2 Å². The Labute approximate surface area is 174 Å². The highest BCUT2D eigenvalue weighted by Gasteiger charge is 2.29. The van der Waals surface area contributed by atoms with Gasteiger partial charge in [-0.3, -0.25) is 0 Å². The molecule has 0 fully saturated rings. The molecule has 0 saturated carbocycles. The SMILES string of the molecule is CC(C)C[C@H](NC(=O)NNC(=O)OCC1c2ccccc2-c2ccccc21)C(=O)O. The van der Waals surface area contributed by atoms with Crippen LogP contribution in [0, 0.1) is 5.92 Å². The molecule has 158 valence electrons. The molecule has 1 aliphatic carbocycles. The van der Waals surface area contributed by atoms with E-state index in [2.05, 4.69) is 16.2 Å². The molecule has 0 saturated heterocycles. The number of aliphatic carboxylic acids is 1. The molecular weight excluding hydrogens is 386 g/mol. The van der Waals surface area contributed by atoms with Crippen molar-refractivity contribution in [3.63, 3.8) is 0 Å². The van der Waals surface area contributed by atoms with Crippen LogP contribution < -0.4 is 16.2 Å². The van der Waals surface area contributed by atoms with Crippen molar-refractivity contribution in [3.05, 3.63) is 59.7 Å². The lowest BCUT2D eigenvalue weighted by atomic mass is 9.98. The van der Waals surface area contributed by atoms with Gasteiger partial charge in [-0.1, -0.05) is 62.4 Å². The summed E-state index contributed by atoms with van der Waals surface area (Å²) in [5, 5.41) is 11.5. The van der Waals surface area contributed by atoms with Crippen molar-refractivity contribution in [2.24, 2.45) is 5.92 Å². The van der Waals surface area contributed by atoms with Gasteiger partial charge in [0.05, 0.1) is 0 Å². The van der Waals surface area contributed by atoms with Crippen molar-refractivity contribution in [2.75, 3.05) is 6.61 Å². The molecular formula is C22H25N3O5. The minimum absolute atomic E-state index is 0.0847. The van der Waals surface area contributed by atoms with Crippen LogP contribution in [0.25, 0.3) is 11.1 Å². The number of hydrogen-bond donors (Lipinski definition) is 4. The van der Waals surface area contributed by atoms with E-state index in [-0.39, 0.29) is 24.9 Å². The number of benzene rings is 2. The van der Waals surface area contributed by atoms with Crippen molar-refractivity contribution >= 4 is 18.1 Å². The van der Waals surface area contributed by atoms with Crippen molar-refractivity contribution < 1.29 is 24.2 Å². The van der Waals surface area contributed by atoms with E-state index >= 15 is 0 Å². The maximum atomic E-state index is 12.0. The summed E-state index contributed by atoms with van der Waals surface area (Å²) in [6.45, 7) is 3.81. The maximum Gasteiger partial charge on any atom is 0.426 e. The van der Waals surface area contributed by atoms with Gasteiger partial charge in [-0.05, 0) is 34.6 Å². The molecule has 1 aliphatic rings. The first-order valence-corrected chi connectivity index (χ1v) is 9.77. The van der Waals surface area contributed by atoms with Crippen LogP contribution in [0.3, 0.4) is 0 Å². The third kappa shape index (κ3) is 4.89. The third-order valence-corrected chi connectivity index (χ3v) is 4.93. The average Bonchev–Trinajstić information content (AvgIpc) is 3.04. The van der Waals surface area contributed by atoms with Gasteiger partial charge in [0.1, 0.15) is 12.6 Å². The number of carboxylic acids is 1. The molecule has 8 nitrogen and oxygen atoms in total. The fraction of sp³-hybridized carbons (Fsp3) is 0.318. The number of carbonyl (C=O) groups excluding carboxylic acids is 2. The predicted molar refractivity (Wildman–Crippen MR) is 111 cm³/mol. The first-order chi connectivity index (χ1) is 14.4. The highest BCUT2D eigenvalue weighted by Crippen LogP contribution is 2.44. The van der Waals surface area contributed by atoms with Crippen LogP contribution in [0.2, 0.25) is 0 Å². The standard InChI is InChI=1S/C22H25N3O5/c1-13(2)11-19(20(26)27)23-21(28)24-25-22(29)30-12-18-16-9-5-3-7-14(16)15-8-4-6-10-17(15)18/h3-10,13,18-19H,11-12H2,1-2H3,(H,25,29)(H,26,27)(H2,23,24,28)/t19-/m0/s1. The van der Waals surface area contributed by atoms with E-state index in [9.17, 15) is 14.4 Å². The molecule has 0 spiro atoms. The Kier molecular flexibility index (Phi) is 6.56. The fourth-order valence-corrected chi connectivity index (χ4v) is 3.63. The molecule has 3 amide bonds. The Morgan fingerprint density at radius 1 is 0.967 bits per heavy atom. The fourth-order valence-electron chi connectivity index (χ4n) is 3.63. The van der Waals surface area contributed by atoms with Gasteiger partial charge in [0.15, 0.2) is 0 Å². The monoisotopic (exact) mass is 411 g/mol. The number of carbonyl (C=O) groups is 3. The van der Waals surface area contributed by atoms with E-state index in [4.69, 9.17) is 9.84 Å². The third-order valence-electron chi connectivity index (χ3n) is 4.93. The number of rotatable bonds is 6. The van der Waals surface area contributed by atoms with Gasteiger partial charge >= 0.3 is 18.1 Å². The zero-order chi connectivity index (χ0) is 21.7. The molecule has 1 atom stereocenters. The zero-order valence-corrected chi connectivity index (χ0v) is 16.8. The first-order valence-electron chi connectivity index (χ1n) is 9.77. The smallest absolute Gasteiger partial charge is 0.426 e. The predicted octanol–water partition coefficient (Wildman–Crippen LogP) is 3.24. The van der Waals surface area contributed by atoms with Gasteiger partial charge in [0.25, 0.3) is 0 Å². The second-order valence-corrected chi connectivity index (χ2v) is 7.57. The number of urea groups is 1. The Hall–Kier alpha value is -3.55. The van der Waals surface area contributed by atoms with E-state index < -0.39 is 24.1 Å². The van der Waals surface area contributed by atoms with Crippen molar-refractivity contribution in [2.45, 2.75) is 32.2 Å². The molecule has 2 aromatic rings. The largest absolute Gasteiger partial charge is 0.480 e. The zero-order valence-electron chi connectivity index (χ0n) is 16.8. The number of fused-ring (bicyclic) bond motifs is 3. The lowest BCUT2D eigenvalue weighted by molar-refractivity contribution is -0.139. The summed E-state index contributed by atoms with van der Waals surface area (Å²) in [6.07, 6.45) is -0.559. The molecule has 0 heterocycles. The van der Waals surface area contributed by atoms with E-state index in [1.165, 1.54) is 0 Å². The Morgan fingerprint density at radius 2 is 1.53 bits per heavy atom. The molecule has 3 rings (SSSR count). The van der Waals surface area contributed by atoms with E-state index in [0.717, 1.165) is 22.3 Å². The van der Waals surface area contributed by atoms with Crippen LogP contribution in [0.5, 0.6) is 0 Å². The van der Waals surface area contributed by atoms with Crippen LogP contribution in [-0.2, 0) is 9.53 Å². The molecule has 2 aromatic carbocycles. The molecule has 0 aromatic heterocycles. The summed E-state index contributed by atoms with van der Waals surface area (Å²) in [7, 11) is 0. The Balaban J connectivity index is 1.53. The highest BCUT2D eigenvalue weighted by atomic mass is 16.6. The number of hydrogen-bond acceptors (Lipinski definition) is 4. The van der Waals surface area contributed by atoms with Gasteiger partial charge in [-0.2, -0.15) is 0 Å². The molecule has 0 unspecified atom stereocenters. The summed E-state index contributed by atoms with van der Waals surface area (Å²) < 4.78 is 5.30. The summed E-state index contributed by atoms with van der Waals surface area (Å²) in [6, 6.07) is 14.0. The summed E-state index contributed by atoms with van der Waals surface area (Å²) in [4.78, 5) is 35.1. The maximum absolute atomic E-state index is 12.0. The Morgan fingerprint density at radius 3 is 2.07 bits per heavy atom. The quantitative estimate of drug-likeness (QED) is 0.545. The molecule has 8 heteroatoms. The summed E-state index contributed by atoms with van der Waals surface area (Å²) >= 11 is 0. The molecule has 0 bridgehead atoms. The molecule has 0 radical (unpaired) electrons. The summed E-state index contributed by atoms with van der Waals surface area (Å²) in [5.74, 6) is -1.15. The van der Waals surface area contributed by atoms with Gasteiger partial charge < -0.3 is 15.2 Å². The van der Waals surface area contributed by atoms with Gasteiger partial charge in [0.2, 0.25) is 0 Å². The van der Waals surface area contributed by atoms with Crippen LogP contribution in [-0.4, -0.2) is 35.8 Å². The Bertz CT molecular complexity index is 898. The van der Waals surface area contributed by atoms with Crippen LogP contribution in [0.4, 0.5) is 9.59 Å². The number of amides is 3. The minimum Gasteiger partial charge on any atom is -0.480 e. The molecule has 0 aliphatic heterocycles. The normalized spacial score (nSPS) is 13.2. The first kappa shape index (κ1) is 21.2. The average molecular weight is 411 g/mol. The number of nitrogens with one attached hydrogen (secondary N) is 3. The van der Waals surface area contributed by atoms with Gasteiger partial charge in [-0.25, -0.2) is 25.2 Å². The summed E-state index contributed by atoms with van der Waals surface area (Å²) in [5.41, 5.74) is 8.64. The van der Waals surface area contributed by atoms with Crippen molar-refractivity contribution in [1.29, 1.82) is 0 Å². The van der Waals surface area contributed by atoms with Crippen LogP contribution in [0.15, 0.2) is 48.5 Å². The highest BCUT2D eigenvalue weighted by molar-refractivity contribution is 5.83. The number of hydrazine groups is 1. The van der Waals surface area contributed by atoms with Gasteiger partial charge in [0, 0.05) is 5.92 Å². The number of ether oxygens (including phenoxy) is 1. The van der Waals surface area contributed by atoms with Gasteiger partial charge in [-0.15, -0.1) is 0 Å². The van der Waals surface area contributed by atoms with E-state index in [1.54, 1.807) is 0 Å². The number of carboxylic acid groups (broad SMARTS) is 1. The van der Waals surface area contributed by atoms with Crippen LogP contribution >= 0.6 is 0 Å². The second kappa shape index (κ2) is 9.30. The second-order valence-electron chi connectivity index (χ2n) is 7.57. The lowest BCUT2D eigenvalue weighted by Crippen LogP contribution is -2.52. The van der Waals surface area contributed by atoms with E-state index in [1.807, 2.05) is 62.4 Å². The molecule has 30 heavy (non-hydrogen) atoms. The van der Waals surface area contributed by atoms with Crippen LogP contribution in [0.1, 0.15) is 37.3 Å². The van der Waals surface area contributed by atoms with Crippen molar-refractivity contribution in [3.8, 4) is 11.1 Å². The topological polar surface area (TPSA) is 117 Å². The molecule has 4 N–H and O–H groups in total.